The SMILES string of the molecule is O=C([O-])CCCC[S+]1CCCS1. The Morgan fingerprint density at radius 2 is 2.33 bits per heavy atom. The molecule has 1 saturated heterocycles. The topological polar surface area (TPSA) is 40.1 Å². The highest BCUT2D eigenvalue weighted by Crippen LogP contribution is 2.27. The van der Waals surface area contributed by atoms with Crippen molar-refractivity contribution < 1.29 is 9.90 Å². The molecule has 0 bridgehead atoms. The summed E-state index contributed by atoms with van der Waals surface area (Å²) in [5.74, 6) is 2.98. The van der Waals surface area contributed by atoms with E-state index in [2.05, 4.69) is 10.8 Å². The molecule has 0 saturated carbocycles. The number of hydrogen-bond donors (Lipinski definition) is 0. The fourth-order valence-corrected chi connectivity index (χ4v) is 5.74. The van der Waals surface area contributed by atoms with Gasteiger partial charge in [0, 0.05) is 18.1 Å². The van der Waals surface area contributed by atoms with Gasteiger partial charge in [0.15, 0.2) is 0 Å². The Kier molecular flexibility index (Phi) is 4.92. The summed E-state index contributed by atoms with van der Waals surface area (Å²) in [6.07, 6.45) is 3.45. The molecule has 0 aromatic rings. The van der Waals surface area contributed by atoms with Crippen LogP contribution in [0, 0.1) is 0 Å². The van der Waals surface area contributed by atoms with E-state index in [1.54, 1.807) is 0 Å². The van der Waals surface area contributed by atoms with Crippen molar-refractivity contribution in [3.05, 3.63) is 0 Å². The van der Waals surface area contributed by atoms with Crippen LogP contribution in [0.2, 0.25) is 0 Å². The van der Waals surface area contributed by atoms with Crippen LogP contribution in [0.1, 0.15) is 25.7 Å². The Morgan fingerprint density at radius 3 is 2.92 bits per heavy atom. The first kappa shape index (κ1) is 10.3. The molecular formula is C8H14O2S2. The van der Waals surface area contributed by atoms with Crippen LogP contribution in [0.5, 0.6) is 0 Å². The maximum absolute atomic E-state index is 10.1. The normalized spacial score (nSPS) is 22.8. The number of carboxylic acids is 1. The van der Waals surface area contributed by atoms with E-state index >= 15 is 0 Å². The molecule has 1 aliphatic heterocycles. The van der Waals surface area contributed by atoms with Crippen molar-refractivity contribution in [3.8, 4) is 0 Å². The highest BCUT2D eigenvalue weighted by Gasteiger charge is 2.25. The maximum atomic E-state index is 10.1. The van der Waals surface area contributed by atoms with E-state index in [4.69, 9.17) is 0 Å². The van der Waals surface area contributed by atoms with Gasteiger partial charge in [-0.15, -0.1) is 0 Å². The Bertz CT molecular complexity index is 144. The Hall–Kier alpha value is 0.170. The number of unbranched alkanes of at least 4 members (excludes halogenated alkanes) is 1. The van der Waals surface area contributed by atoms with Gasteiger partial charge in [-0.1, -0.05) is 0 Å². The van der Waals surface area contributed by atoms with Crippen LogP contribution < -0.4 is 5.11 Å². The predicted molar refractivity (Wildman–Crippen MR) is 53.0 cm³/mol. The lowest BCUT2D eigenvalue weighted by Gasteiger charge is -2.00. The fraction of sp³-hybridized carbons (Fsp3) is 0.875. The largest absolute Gasteiger partial charge is 0.550 e. The average molecular weight is 206 g/mol. The second kappa shape index (κ2) is 5.75. The van der Waals surface area contributed by atoms with Crippen LogP contribution in [0.4, 0.5) is 0 Å². The zero-order valence-electron chi connectivity index (χ0n) is 7.08. The molecule has 2 nitrogen and oxygen atoms in total. The third-order valence-corrected chi connectivity index (χ3v) is 6.55. The number of aliphatic carboxylic acids is 1. The number of carbonyl (C=O) groups excluding carboxylic acids is 1. The lowest BCUT2D eigenvalue weighted by Crippen LogP contribution is -2.21. The minimum atomic E-state index is -0.905. The predicted octanol–water partition coefficient (Wildman–Crippen LogP) is 0.577. The summed E-state index contributed by atoms with van der Waals surface area (Å²) >= 11 is 0. The summed E-state index contributed by atoms with van der Waals surface area (Å²) in [6, 6.07) is 0. The summed E-state index contributed by atoms with van der Waals surface area (Å²) < 4.78 is 0. The lowest BCUT2D eigenvalue weighted by atomic mass is 10.3. The van der Waals surface area contributed by atoms with Gasteiger partial charge in [0.05, 0.1) is 20.7 Å². The second-order valence-corrected chi connectivity index (χ2v) is 7.31. The van der Waals surface area contributed by atoms with Gasteiger partial charge in [-0.25, -0.2) is 0 Å². The molecule has 0 aliphatic carbocycles. The van der Waals surface area contributed by atoms with E-state index in [-0.39, 0.29) is 6.42 Å². The van der Waals surface area contributed by atoms with Gasteiger partial charge < -0.3 is 9.90 Å². The van der Waals surface area contributed by atoms with Crippen molar-refractivity contribution in [1.82, 2.24) is 0 Å². The molecule has 0 aromatic carbocycles. The van der Waals surface area contributed by atoms with Gasteiger partial charge in [0.25, 0.3) is 0 Å². The van der Waals surface area contributed by atoms with Crippen LogP contribution in [-0.4, -0.2) is 23.2 Å². The summed E-state index contributed by atoms with van der Waals surface area (Å²) in [6.45, 7) is 0. The molecule has 12 heavy (non-hydrogen) atoms. The summed E-state index contributed by atoms with van der Waals surface area (Å²) in [4.78, 5) is 10.1. The van der Waals surface area contributed by atoms with Crippen LogP contribution in [0.15, 0.2) is 0 Å². The van der Waals surface area contributed by atoms with Crippen LogP contribution >= 0.6 is 10.8 Å². The van der Waals surface area contributed by atoms with E-state index < -0.39 is 5.97 Å². The third kappa shape index (κ3) is 4.26. The van der Waals surface area contributed by atoms with Crippen molar-refractivity contribution in [1.29, 1.82) is 0 Å². The first-order valence-electron chi connectivity index (χ1n) is 4.29. The van der Waals surface area contributed by atoms with Crippen molar-refractivity contribution in [2.75, 3.05) is 17.3 Å². The van der Waals surface area contributed by atoms with Crippen LogP contribution in [-0.2, 0) is 14.7 Å². The fourth-order valence-electron chi connectivity index (χ4n) is 1.15. The first-order valence-corrected chi connectivity index (χ1v) is 7.36. The Labute approximate surface area is 79.9 Å². The summed E-state index contributed by atoms with van der Waals surface area (Å²) in [5.41, 5.74) is 0. The monoisotopic (exact) mass is 206 g/mol. The summed E-state index contributed by atoms with van der Waals surface area (Å²) in [7, 11) is 2.63. The molecule has 4 heteroatoms. The zero-order valence-corrected chi connectivity index (χ0v) is 8.72. The molecular weight excluding hydrogens is 192 g/mol. The van der Waals surface area contributed by atoms with Crippen LogP contribution in [0.25, 0.3) is 0 Å². The molecule has 1 atom stereocenters. The Balaban J connectivity index is 1.91. The minimum Gasteiger partial charge on any atom is -0.550 e. The number of rotatable bonds is 5. The highest BCUT2D eigenvalue weighted by atomic mass is 33.1. The van der Waals surface area contributed by atoms with E-state index in [0.717, 1.165) is 12.8 Å². The smallest absolute Gasteiger partial charge is 0.121 e. The van der Waals surface area contributed by atoms with Gasteiger partial charge in [-0.3, -0.25) is 0 Å². The Morgan fingerprint density at radius 1 is 1.50 bits per heavy atom. The molecule has 1 aliphatic rings. The van der Waals surface area contributed by atoms with Gasteiger partial charge in [-0.05, 0) is 19.3 Å². The number of hydrogen-bond acceptors (Lipinski definition) is 3. The molecule has 1 rings (SSSR count). The van der Waals surface area contributed by atoms with E-state index in [1.165, 1.54) is 23.7 Å². The van der Waals surface area contributed by atoms with Crippen molar-refractivity contribution in [2.24, 2.45) is 0 Å². The first-order chi connectivity index (χ1) is 5.79. The maximum Gasteiger partial charge on any atom is 0.121 e. The van der Waals surface area contributed by atoms with E-state index in [1.807, 2.05) is 0 Å². The molecule has 0 radical (unpaired) electrons. The molecule has 0 aromatic heterocycles. The average Bonchev–Trinajstić information content (AvgIpc) is 2.49. The highest BCUT2D eigenvalue weighted by molar-refractivity contribution is 8.74. The molecule has 0 N–H and O–H groups in total. The quantitative estimate of drug-likeness (QED) is 0.375. The molecule has 1 fully saturated rings. The van der Waals surface area contributed by atoms with E-state index in [9.17, 15) is 9.90 Å². The molecule has 1 unspecified atom stereocenters. The van der Waals surface area contributed by atoms with Crippen molar-refractivity contribution >= 4 is 26.7 Å². The third-order valence-electron chi connectivity index (χ3n) is 1.77. The van der Waals surface area contributed by atoms with Gasteiger partial charge in [-0.2, -0.15) is 0 Å². The minimum absolute atomic E-state index is 0.238. The van der Waals surface area contributed by atoms with Crippen LogP contribution in [0.3, 0.4) is 0 Å². The molecule has 1 heterocycles. The lowest BCUT2D eigenvalue weighted by molar-refractivity contribution is -0.305. The second-order valence-electron chi connectivity index (χ2n) is 2.85. The standard InChI is InChI=1S/C8H14O2S2/c9-8(10)4-1-2-6-12-7-3-5-11-12/h1-7H2. The van der Waals surface area contributed by atoms with Crippen molar-refractivity contribution in [3.63, 3.8) is 0 Å². The molecule has 0 spiro atoms. The molecule has 70 valence electrons. The van der Waals surface area contributed by atoms with Gasteiger partial charge >= 0.3 is 0 Å². The number of carboxylic acid groups (broad SMARTS) is 1. The molecule has 0 amide bonds. The van der Waals surface area contributed by atoms with E-state index in [0.29, 0.717) is 9.93 Å². The van der Waals surface area contributed by atoms with Gasteiger partial charge in [0.2, 0.25) is 0 Å². The zero-order chi connectivity index (χ0) is 8.81. The van der Waals surface area contributed by atoms with Gasteiger partial charge in [0.1, 0.15) is 11.5 Å². The van der Waals surface area contributed by atoms with Crippen molar-refractivity contribution in [2.45, 2.75) is 25.7 Å². The summed E-state index contributed by atoms with van der Waals surface area (Å²) in [5, 5.41) is 10.1. The number of carbonyl (C=O) groups is 1.